The summed E-state index contributed by atoms with van der Waals surface area (Å²) in [6.07, 6.45) is 0. The van der Waals surface area contributed by atoms with E-state index in [0.29, 0.717) is 21.9 Å². The number of ketones is 1. The van der Waals surface area contributed by atoms with Crippen LogP contribution < -0.4 is 4.74 Å². The Kier molecular flexibility index (Phi) is 3.27. The highest BCUT2D eigenvalue weighted by Crippen LogP contribution is 2.26. The molecule has 1 aromatic carbocycles. The molecule has 82 valence electrons. The van der Waals surface area contributed by atoms with Gasteiger partial charge in [0.25, 0.3) is 0 Å². The average Bonchev–Trinajstić information content (AvgIpc) is 2.82. The van der Waals surface area contributed by atoms with Gasteiger partial charge in [-0.05, 0) is 29.6 Å². The number of thiophene rings is 1. The van der Waals surface area contributed by atoms with E-state index in [-0.39, 0.29) is 5.78 Å². The van der Waals surface area contributed by atoms with Crippen molar-refractivity contribution in [3.8, 4) is 5.75 Å². The van der Waals surface area contributed by atoms with Gasteiger partial charge in [0.1, 0.15) is 5.75 Å². The van der Waals surface area contributed by atoms with E-state index in [2.05, 4.69) is 0 Å². The highest BCUT2D eigenvalue weighted by atomic mass is 35.5. The van der Waals surface area contributed by atoms with Gasteiger partial charge >= 0.3 is 0 Å². The zero-order chi connectivity index (χ0) is 11.5. The van der Waals surface area contributed by atoms with Crippen molar-refractivity contribution in [3.63, 3.8) is 0 Å². The van der Waals surface area contributed by atoms with Crippen LogP contribution in [0.5, 0.6) is 5.75 Å². The maximum Gasteiger partial charge on any atom is 0.193 e. The number of rotatable bonds is 3. The van der Waals surface area contributed by atoms with Crippen molar-refractivity contribution in [1.82, 2.24) is 0 Å². The van der Waals surface area contributed by atoms with E-state index < -0.39 is 0 Å². The van der Waals surface area contributed by atoms with Gasteiger partial charge in [0, 0.05) is 16.5 Å². The molecule has 4 heteroatoms. The summed E-state index contributed by atoms with van der Waals surface area (Å²) in [4.78, 5) is 12.0. The Hall–Kier alpha value is -1.32. The number of ether oxygens (including phenoxy) is 1. The summed E-state index contributed by atoms with van der Waals surface area (Å²) in [5.41, 5.74) is 1.27. The van der Waals surface area contributed by atoms with E-state index >= 15 is 0 Å². The van der Waals surface area contributed by atoms with Gasteiger partial charge in [-0.25, -0.2) is 0 Å². The molecule has 0 amide bonds. The van der Waals surface area contributed by atoms with Crippen LogP contribution in [0.1, 0.15) is 15.9 Å². The normalized spacial score (nSPS) is 10.1. The summed E-state index contributed by atoms with van der Waals surface area (Å²) in [5, 5.41) is 4.20. The number of hydrogen-bond acceptors (Lipinski definition) is 3. The molecule has 0 saturated heterocycles. The summed E-state index contributed by atoms with van der Waals surface area (Å²) < 4.78 is 5.07. The summed E-state index contributed by atoms with van der Waals surface area (Å²) in [6, 6.07) is 6.82. The topological polar surface area (TPSA) is 26.3 Å². The lowest BCUT2D eigenvalue weighted by Gasteiger charge is -2.04. The van der Waals surface area contributed by atoms with Gasteiger partial charge in [-0.3, -0.25) is 4.79 Å². The Morgan fingerprint density at radius 2 is 2.12 bits per heavy atom. The van der Waals surface area contributed by atoms with Crippen LogP contribution in [-0.2, 0) is 0 Å². The van der Waals surface area contributed by atoms with Crippen molar-refractivity contribution in [2.45, 2.75) is 0 Å². The lowest BCUT2D eigenvalue weighted by Crippen LogP contribution is -2.00. The van der Waals surface area contributed by atoms with Crippen LogP contribution in [-0.4, -0.2) is 12.9 Å². The van der Waals surface area contributed by atoms with Crippen molar-refractivity contribution in [1.29, 1.82) is 0 Å². The Balaban J connectivity index is 2.38. The molecule has 0 bridgehead atoms. The number of carbonyl (C=O) groups is 1. The lowest BCUT2D eigenvalue weighted by atomic mass is 10.1. The van der Waals surface area contributed by atoms with Gasteiger partial charge < -0.3 is 4.74 Å². The largest absolute Gasteiger partial charge is 0.495 e. The van der Waals surface area contributed by atoms with Crippen molar-refractivity contribution < 1.29 is 9.53 Å². The predicted octanol–water partition coefficient (Wildman–Crippen LogP) is 3.64. The Morgan fingerprint density at radius 3 is 2.75 bits per heavy atom. The Morgan fingerprint density at radius 1 is 1.31 bits per heavy atom. The maximum absolute atomic E-state index is 12.0. The van der Waals surface area contributed by atoms with Gasteiger partial charge in [-0.15, -0.1) is 0 Å². The minimum absolute atomic E-state index is 0.0174. The van der Waals surface area contributed by atoms with Gasteiger partial charge in [0.05, 0.1) is 12.1 Å². The standard InChI is InChI=1S/C12H9ClO2S/c1-15-11-6-8(2-3-10(11)13)12(14)9-4-5-16-7-9/h2-7H,1H3. The zero-order valence-electron chi connectivity index (χ0n) is 8.57. The van der Waals surface area contributed by atoms with Gasteiger partial charge in [0.15, 0.2) is 5.78 Å². The van der Waals surface area contributed by atoms with Crippen LogP contribution in [0, 0.1) is 0 Å². The van der Waals surface area contributed by atoms with Crippen molar-refractivity contribution in [2.75, 3.05) is 7.11 Å². The molecule has 2 nitrogen and oxygen atoms in total. The molecule has 0 aliphatic rings. The molecule has 1 aromatic heterocycles. The molecule has 0 N–H and O–H groups in total. The van der Waals surface area contributed by atoms with E-state index in [1.54, 1.807) is 24.3 Å². The molecule has 2 rings (SSSR count). The summed E-state index contributed by atoms with van der Waals surface area (Å²) in [7, 11) is 1.53. The fourth-order valence-corrected chi connectivity index (χ4v) is 2.19. The third-order valence-corrected chi connectivity index (χ3v) is 3.19. The smallest absolute Gasteiger partial charge is 0.193 e. The van der Waals surface area contributed by atoms with E-state index in [1.807, 2.05) is 10.8 Å². The molecule has 0 unspecified atom stereocenters. The molecular weight excluding hydrogens is 244 g/mol. The number of methoxy groups -OCH3 is 1. The monoisotopic (exact) mass is 252 g/mol. The van der Waals surface area contributed by atoms with E-state index in [4.69, 9.17) is 16.3 Å². The fourth-order valence-electron chi connectivity index (χ4n) is 1.36. The van der Waals surface area contributed by atoms with Crippen molar-refractivity contribution in [2.24, 2.45) is 0 Å². The average molecular weight is 253 g/mol. The molecule has 0 atom stereocenters. The van der Waals surface area contributed by atoms with Gasteiger partial charge in [-0.2, -0.15) is 11.3 Å². The second kappa shape index (κ2) is 4.68. The number of benzene rings is 1. The predicted molar refractivity (Wildman–Crippen MR) is 65.8 cm³/mol. The minimum atomic E-state index is -0.0174. The Labute approximate surface area is 102 Å². The number of halogens is 1. The van der Waals surface area contributed by atoms with Gasteiger partial charge in [0.2, 0.25) is 0 Å². The lowest BCUT2D eigenvalue weighted by molar-refractivity contribution is 0.103. The van der Waals surface area contributed by atoms with E-state index in [1.165, 1.54) is 18.4 Å². The first-order valence-electron chi connectivity index (χ1n) is 4.63. The summed E-state index contributed by atoms with van der Waals surface area (Å²) in [5.74, 6) is 0.499. The molecule has 2 aromatic rings. The van der Waals surface area contributed by atoms with Crippen LogP contribution in [0.4, 0.5) is 0 Å². The second-order valence-electron chi connectivity index (χ2n) is 3.19. The van der Waals surface area contributed by atoms with Crippen molar-refractivity contribution >= 4 is 28.7 Å². The highest BCUT2D eigenvalue weighted by Gasteiger charge is 2.11. The quantitative estimate of drug-likeness (QED) is 0.780. The van der Waals surface area contributed by atoms with Crippen LogP contribution in [0.3, 0.4) is 0 Å². The molecule has 0 radical (unpaired) electrons. The molecule has 16 heavy (non-hydrogen) atoms. The molecule has 0 spiro atoms. The molecule has 0 fully saturated rings. The highest BCUT2D eigenvalue weighted by molar-refractivity contribution is 7.08. The third kappa shape index (κ3) is 2.10. The zero-order valence-corrected chi connectivity index (χ0v) is 10.1. The first kappa shape index (κ1) is 11.2. The van der Waals surface area contributed by atoms with Crippen LogP contribution >= 0.6 is 22.9 Å². The second-order valence-corrected chi connectivity index (χ2v) is 4.38. The third-order valence-electron chi connectivity index (χ3n) is 2.20. The summed E-state index contributed by atoms with van der Waals surface area (Å²) in [6.45, 7) is 0. The molecule has 0 aliphatic carbocycles. The SMILES string of the molecule is COc1cc(C(=O)c2ccsc2)ccc1Cl. The van der Waals surface area contributed by atoms with Crippen LogP contribution in [0.25, 0.3) is 0 Å². The Bertz CT molecular complexity index is 506. The van der Waals surface area contributed by atoms with Crippen LogP contribution in [0.15, 0.2) is 35.0 Å². The van der Waals surface area contributed by atoms with E-state index in [0.717, 1.165) is 0 Å². The molecule has 0 saturated carbocycles. The minimum Gasteiger partial charge on any atom is -0.495 e. The first-order valence-corrected chi connectivity index (χ1v) is 5.95. The fraction of sp³-hybridized carbons (Fsp3) is 0.0833. The van der Waals surface area contributed by atoms with Crippen LogP contribution in [0.2, 0.25) is 5.02 Å². The molecular formula is C12H9ClO2S. The summed E-state index contributed by atoms with van der Waals surface area (Å²) >= 11 is 7.39. The number of carbonyl (C=O) groups excluding carboxylic acids is 1. The number of hydrogen-bond donors (Lipinski definition) is 0. The maximum atomic E-state index is 12.0. The van der Waals surface area contributed by atoms with Crippen molar-refractivity contribution in [3.05, 3.63) is 51.2 Å². The van der Waals surface area contributed by atoms with Gasteiger partial charge in [-0.1, -0.05) is 11.6 Å². The molecule has 1 heterocycles. The van der Waals surface area contributed by atoms with E-state index in [9.17, 15) is 4.79 Å². The first-order chi connectivity index (χ1) is 7.72. The molecule has 0 aliphatic heterocycles.